The molecule has 57 heavy (non-hydrogen) atoms. The fraction of sp³-hybridized carbons (Fsp3) is 0.0182. The molecule has 0 unspecified atom stereocenters. The number of hydrogen-bond acceptors (Lipinski definition) is 2. The fourth-order valence-corrected chi connectivity index (χ4v) is 9.55. The Morgan fingerprint density at radius 1 is 0.228 bits per heavy atom. The zero-order chi connectivity index (χ0) is 37.8. The van der Waals surface area contributed by atoms with Crippen molar-refractivity contribution in [3.63, 3.8) is 0 Å². The molecular weight excluding hydrogens is 689 g/mol. The van der Waals surface area contributed by atoms with E-state index in [1.165, 1.54) is 55.6 Å². The van der Waals surface area contributed by atoms with Crippen LogP contribution in [0.4, 0.5) is 34.1 Å². The number of nitrogens with zero attached hydrogens (tertiary/aromatic N) is 2. The molecule has 0 aromatic heterocycles. The molecule has 0 saturated heterocycles. The van der Waals surface area contributed by atoms with Gasteiger partial charge in [-0.1, -0.05) is 158 Å². The third-order valence-electron chi connectivity index (χ3n) is 11.9. The summed E-state index contributed by atoms with van der Waals surface area (Å²) in [5, 5.41) is 0. The van der Waals surface area contributed by atoms with E-state index in [9.17, 15) is 0 Å². The molecule has 9 aromatic rings. The normalized spacial score (nSPS) is 12.7. The summed E-state index contributed by atoms with van der Waals surface area (Å²) in [6.07, 6.45) is 0. The maximum absolute atomic E-state index is 2.36. The summed E-state index contributed by atoms with van der Waals surface area (Å²) in [7, 11) is 0. The van der Waals surface area contributed by atoms with Crippen LogP contribution in [0.3, 0.4) is 0 Å². The van der Waals surface area contributed by atoms with Crippen LogP contribution in [0.25, 0.3) is 33.4 Å². The van der Waals surface area contributed by atoms with Gasteiger partial charge in [-0.3, -0.25) is 0 Å². The summed E-state index contributed by atoms with van der Waals surface area (Å²) >= 11 is 0. The molecule has 2 aliphatic rings. The Morgan fingerprint density at radius 3 is 1.00 bits per heavy atom. The van der Waals surface area contributed by atoms with Gasteiger partial charge < -0.3 is 9.80 Å². The number of hydrogen-bond donors (Lipinski definition) is 0. The van der Waals surface area contributed by atoms with Gasteiger partial charge in [-0.25, -0.2) is 0 Å². The minimum Gasteiger partial charge on any atom is -0.311 e. The minimum absolute atomic E-state index is 0.359. The lowest BCUT2D eigenvalue weighted by Crippen LogP contribution is -2.25. The van der Waals surface area contributed by atoms with E-state index in [1.54, 1.807) is 0 Å². The highest BCUT2D eigenvalue weighted by atomic mass is 15.2. The van der Waals surface area contributed by atoms with E-state index >= 15 is 0 Å². The Balaban J connectivity index is 1.01. The van der Waals surface area contributed by atoms with Crippen LogP contribution in [0.1, 0.15) is 22.3 Å². The molecular formula is C55H38N2. The molecule has 2 nitrogen and oxygen atoms in total. The topological polar surface area (TPSA) is 6.48 Å². The summed E-state index contributed by atoms with van der Waals surface area (Å²) in [6.45, 7) is 0. The molecule has 0 N–H and O–H groups in total. The Labute approximate surface area is 334 Å². The molecule has 9 aromatic carbocycles. The lowest BCUT2D eigenvalue weighted by Gasteiger charge is -2.30. The monoisotopic (exact) mass is 726 g/mol. The standard InChI is InChI=1S/C55H38N2/c1-4-17-40(18-5-1)56(41-19-6-2-7-20-41)44-35-37-45(38-36-44)57(42-21-8-3-9-22-42)43-33-31-39(32-34-43)46-26-16-30-53-54(46)49-25-12-15-29-52(49)55(53)50-27-13-10-23-47(50)48-24-11-14-28-51(48)55/h1-38H. The molecule has 0 fully saturated rings. The molecule has 0 bridgehead atoms. The van der Waals surface area contributed by atoms with Crippen LogP contribution in [0.5, 0.6) is 0 Å². The van der Waals surface area contributed by atoms with Crippen molar-refractivity contribution in [2.24, 2.45) is 0 Å². The van der Waals surface area contributed by atoms with Crippen LogP contribution >= 0.6 is 0 Å². The maximum Gasteiger partial charge on any atom is 0.0725 e. The van der Waals surface area contributed by atoms with Gasteiger partial charge in [0.15, 0.2) is 0 Å². The first-order valence-corrected chi connectivity index (χ1v) is 19.7. The van der Waals surface area contributed by atoms with Crippen molar-refractivity contribution in [1.29, 1.82) is 0 Å². The Bertz CT molecular complexity index is 2800. The van der Waals surface area contributed by atoms with E-state index in [0.29, 0.717) is 0 Å². The molecule has 11 rings (SSSR count). The van der Waals surface area contributed by atoms with E-state index in [0.717, 1.165) is 34.1 Å². The summed E-state index contributed by atoms with van der Waals surface area (Å²) < 4.78 is 0. The average molecular weight is 727 g/mol. The van der Waals surface area contributed by atoms with Crippen molar-refractivity contribution in [3.8, 4) is 33.4 Å². The molecule has 2 heteroatoms. The predicted molar refractivity (Wildman–Crippen MR) is 238 cm³/mol. The van der Waals surface area contributed by atoms with Crippen molar-refractivity contribution in [1.82, 2.24) is 0 Å². The predicted octanol–water partition coefficient (Wildman–Crippen LogP) is 14.6. The second-order valence-electron chi connectivity index (χ2n) is 14.9. The first-order valence-electron chi connectivity index (χ1n) is 19.7. The van der Waals surface area contributed by atoms with Crippen molar-refractivity contribution < 1.29 is 0 Å². The number of fused-ring (bicyclic) bond motifs is 10. The van der Waals surface area contributed by atoms with Gasteiger partial charge in [-0.2, -0.15) is 0 Å². The van der Waals surface area contributed by atoms with Gasteiger partial charge in [-0.15, -0.1) is 0 Å². The number of para-hydroxylation sites is 3. The zero-order valence-corrected chi connectivity index (χ0v) is 31.3. The van der Waals surface area contributed by atoms with Crippen molar-refractivity contribution in [2.45, 2.75) is 5.41 Å². The van der Waals surface area contributed by atoms with E-state index < -0.39 is 0 Å². The van der Waals surface area contributed by atoms with Crippen LogP contribution in [0, 0.1) is 0 Å². The molecule has 0 heterocycles. The molecule has 1 spiro atoms. The van der Waals surface area contributed by atoms with E-state index in [2.05, 4.69) is 240 Å². The van der Waals surface area contributed by atoms with Gasteiger partial charge in [-0.05, 0) is 128 Å². The molecule has 0 aliphatic heterocycles. The van der Waals surface area contributed by atoms with Crippen LogP contribution in [0.2, 0.25) is 0 Å². The number of benzene rings is 9. The third kappa shape index (κ3) is 5.11. The summed E-state index contributed by atoms with van der Waals surface area (Å²) in [6, 6.07) is 83.8. The second kappa shape index (κ2) is 13.4. The first-order chi connectivity index (χ1) is 28.3. The molecule has 2 aliphatic carbocycles. The van der Waals surface area contributed by atoms with Gasteiger partial charge in [0, 0.05) is 34.1 Å². The highest BCUT2D eigenvalue weighted by molar-refractivity contribution is 6.00. The Morgan fingerprint density at radius 2 is 0.544 bits per heavy atom. The van der Waals surface area contributed by atoms with Crippen LogP contribution in [-0.2, 0) is 5.41 Å². The van der Waals surface area contributed by atoms with Gasteiger partial charge >= 0.3 is 0 Å². The Hall–Kier alpha value is -7.42. The Kier molecular flexibility index (Phi) is 7.75. The summed E-state index contributed by atoms with van der Waals surface area (Å²) in [5.41, 5.74) is 19.5. The SMILES string of the molecule is c1ccc(N(c2ccccc2)c2ccc(N(c3ccccc3)c3ccc(-c4cccc5c4-c4ccccc4C54c5ccccc5-c5ccccc54)cc3)cc2)cc1. The van der Waals surface area contributed by atoms with Gasteiger partial charge in [0.2, 0.25) is 0 Å². The highest BCUT2D eigenvalue weighted by Crippen LogP contribution is 2.64. The van der Waals surface area contributed by atoms with E-state index in [4.69, 9.17) is 0 Å². The third-order valence-corrected chi connectivity index (χ3v) is 11.9. The van der Waals surface area contributed by atoms with Crippen molar-refractivity contribution in [2.75, 3.05) is 9.80 Å². The summed E-state index contributed by atoms with van der Waals surface area (Å²) in [5.74, 6) is 0. The van der Waals surface area contributed by atoms with Gasteiger partial charge in [0.05, 0.1) is 5.41 Å². The first kappa shape index (κ1) is 33.0. The molecule has 0 amide bonds. The van der Waals surface area contributed by atoms with Crippen molar-refractivity contribution in [3.05, 3.63) is 253 Å². The largest absolute Gasteiger partial charge is 0.311 e. The molecule has 268 valence electrons. The fourth-order valence-electron chi connectivity index (χ4n) is 9.55. The quantitative estimate of drug-likeness (QED) is 0.161. The second-order valence-corrected chi connectivity index (χ2v) is 14.9. The molecule has 0 radical (unpaired) electrons. The van der Waals surface area contributed by atoms with Gasteiger partial charge in [0.25, 0.3) is 0 Å². The molecule has 0 saturated carbocycles. The van der Waals surface area contributed by atoms with Crippen LogP contribution in [-0.4, -0.2) is 0 Å². The van der Waals surface area contributed by atoms with E-state index in [1.807, 2.05) is 0 Å². The van der Waals surface area contributed by atoms with Crippen LogP contribution in [0.15, 0.2) is 231 Å². The summed E-state index contributed by atoms with van der Waals surface area (Å²) in [4.78, 5) is 4.64. The average Bonchev–Trinajstić information content (AvgIpc) is 3.76. The highest BCUT2D eigenvalue weighted by Gasteiger charge is 2.51. The smallest absolute Gasteiger partial charge is 0.0725 e. The zero-order valence-electron chi connectivity index (χ0n) is 31.3. The maximum atomic E-state index is 2.36. The van der Waals surface area contributed by atoms with Crippen LogP contribution < -0.4 is 9.80 Å². The number of rotatable bonds is 7. The lowest BCUT2D eigenvalue weighted by molar-refractivity contribution is 0.794. The lowest BCUT2D eigenvalue weighted by atomic mass is 9.70. The van der Waals surface area contributed by atoms with Gasteiger partial charge in [0.1, 0.15) is 0 Å². The molecule has 0 atom stereocenters. The minimum atomic E-state index is -0.359. The number of anilines is 6. The van der Waals surface area contributed by atoms with Crippen molar-refractivity contribution >= 4 is 34.1 Å². The van der Waals surface area contributed by atoms with E-state index in [-0.39, 0.29) is 5.41 Å².